The van der Waals surface area contributed by atoms with Gasteiger partial charge in [-0.25, -0.2) is 0 Å². The van der Waals surface area contributed by atoms with Crippen molar-refractivity contribution in [1.29, 1.82) is 0 Å². The molecule has 3 rings (SSSR count). The van der Waals surface area contributed by atoms with Crippen LogP contribution >= 0.6 is 0 Å². The van der Waals surface area contributed by atoms with Crippen LogP contribution in [0.2, 0.25) is 0 Å². The standard InChI is InChI=1S/C23H36O3/c1-5-6-7-8-9-10-16-13-18(24)21-19(14-16)26-23(3,4)17-12-11-15(2)22(25)20(17)21/h13-15,17,20,22,24-25H,5-12H2,1-4H3/t15-,17-,20-,22+/m1/s1. The van der Waals surface area contributed by atoms with Gasteiger partial charge in [-0.1, -0.05) is 39.5 Å². The molecule has 1 aromatic carbocycles. The van der Waals surface area contributed by atoms with Crippen LogP contribution in [0.5, 0.6) is 11.5 Å². The predicted octanol–water partition coefficient (Wildman–Crippen LogP) is 5.57. The number of phenols is 1. The second-order valence-corrected chi connectivity index (χ2v) is 9.07. The number of fused-ring (bicyclic) bond motifs is 3. The van der Waals surface area contributed by atoms with Gasteiger partial charge in [0, 0.05) is 17.4 Å². The minimum atomic E-state index is -0.415. The van der Waals surface area contributed by atoms with Crippen molar-refractivity contribution in [2.45, 2.75) is 96.7 Å². The van der Waals surface area contributed by atoms with E-state index in [0.717, 1.165) is 42.6 Å². The van der Waals surface area contributed by atoms with E-state index in [2.05, 4.69) is 33.8 Å². The smallest absolute Gasteiger partial charge is 0.127 e. The number of aliphatic hydroxyl groups excluding tert-OH is 1. The second-order valence-electron chi connectivity index (χ2n) is 9.07. The summed E-state index contributed by atoms with van der Waals surface area (Å²) in [6.45, 7) is 8.61. The maximum Gasteiger partial charge on any atom is 0.127 e. The Bertz CT molecular complexity index is 622. The molecule has 0 spiro atoms. The van der Waals surface area contributed by atoms with Crippen molar-refractivity contribution in [2.75, 3.05) is 0 Å². The lowest BCUT2D eigenvalue weighted by Gasteiger charge is -2.50. The molecular formula is C23H36O3. The number of hydrogen-bond donors (Lipinski definition) is 2. The van der Waals surface area contributed by atoms with Gasteiger partial charge in [-0.05, 0) is 63.1 Å². The van der Waals surface area contributed by atoms with Crippen molar-refractivity contribution in [2.24, 2.45) is 11.8 Å². The summed E-state index contributed by atoms with van der Waals surface area (Å²) < 4.78 is 6.37. The highest BCUT2D eigenvalue weighted by Crippen LogP contribution is 2.55. The van der Waals surface area contributed by atoms with E-state index in [1.165, 1.54) is 25.7 Å². The van der Waals surface area contributed by atoms with Gasteiger partial charge in [0.25, 0.3) is 0 Å². The first kappa shape index (κ1) is 19.5. The quantitative estimate of drug-likeness (QED) is 0.652. The molecule has 0 amide bonds. The van der Waals surface area contributed by atoms with Gasteiger partial charge in [0.1, 0.15) is 17.1 Å². The molecule has 26 heavy (non-hydrogen) atoms. The van der Waals surface area contributed by atoms with Crippen LogP contribution in [0.3, 0.4) is 0 Å². The number of benzene rings is 1. The molecule has 1 heterocycles. The van der Waals surface area contributed by atoms with Gasteiger partial charge in [0.2, 0.25) is 0 Å². The molecule has 3 nitrogen and oxygen atoms in total. The molecule has 0 radical (unpaired) electrons. The summed E-state index contributed by atoms with van der Waals surface area (Å²) >= 11 is 0. The maximum atomic E-state index is 10.9. The molecule has 0 bridgehead atoms. The second kappa shape index (κ2) is 7.80. The Morgan fingerprint density at radius 3 is 2.58 bits per heavy atom. The van der Waals surface area contributed by atoms with Gasteiger partial charge < -0.3 is 14.9 Å². The SMILES string of the molecule is CCCCCCCc1cc(O)c2c(c1)OC(C)(C)[C@@H]1CC[C@@H](C)[C@H](O)[C@@H]21. The van der Waals surface area contributed by atoms with Crippen molar-refractivity contribution in [1.82, 2.24) is 0 Å². The van der Waals surface area contributed by atoms with E-state index < -0.39 is 6.10 Å². The first-order valence-electron chi connectivity index (χ1n) is 10.6. The van der Waals surface area contributed by atoms with Crippen LogP contribution in [-0.4, -0.2) is 21.9 Å². The molecule has 1 saturated carbocycles. The van der Waals surface area contributed by atoms with Crippen molar-refractivity contribution < 1.29 is 14.9 Å². The molecule has 1 aromatic rings. The number of aryl methyl sites for hydroxylation is 1. The number of phenolic OH excluding ortho intramolecular Hbond substituents is 1. The van der Waals surface area contributed by atoms with E-state index in [1.807, 2.05) is 6.07 Å². The van der Waals surface area contributed by atoms with Crippen LogP contribution in [0, 0.1) is 11.8 Å². The Labute approximate surface area is 158 Å². The van der Waals surface area contributed by atoms with Gasteiger partial charge in [-0.3, -0.25) is 0 Å². The van der Waals surface area contributed by atoms with Crippen LogP contribution in [0.4, 0.5) is 0 Å². The third kappa shape index (κ3) is 3.74. The van der Waals surface area contributed by atoms with Crippen LogP contribution in [0.15, 0.2) is 12.1 Å². The summed E-state index contributed by atoms with van der Waals surface area (Å²) in [6.07, 6.45) is 8.83. The van der Waals surface area contributed by atoms with E-state index in [-0.39, 0.29) is 23.4 Å². The van der Waals surface area contributed by atoms with Crippen molar-refractivity contribution in [3.05, 3.63) is 23.3 Å². The van der Waals surface area contributed by atoms with Crippen LogP contribution in [0.25, 0.3) is 0 Å². The summed E-state index contributed by atoms with van der Waals surface area (Å²) in [4.78, 5) is 0. The van der Waals surface area contributed by atoms with E-state index in [9.17, 15) is 10.2 Å². The number of aliphatic hydroxyl groups is 1. The van der Waals surface area contributed by atoms with E-state index in [0.29, 0.717) is 5.75 Å². The Morgan fingerprint density at radius 1 is 1.12 bits per heavy atom. The molecule has 146 valence electrons. The molecule has 1 aliphatic carbocycles. The van der Waals surface area contributed by atoms with E-state index >= 15 is 0 Å². The van der Waals surface area contributed by atoms with Gasteiger partial charge in [-0.2, -0.15) is 0 Å². The zero-order valence-electron chi connectivity index (χ0n) is 16.9. The minimum Gasteiger partial charge on any atom is -0.508 e. The number of ether oxygens (including phenoxy) is 1. The minimum absolute atomic E-state index is 0.0314. The molecule has 0 unspecified atom stereocenters. The molecule has 1 aliphatic heterocycles. The third-order valence-corrected chi connectivity index (χ3v) is 6.67. The largest absolute Gasteiger partial charge is 0.508 e. The summed E-state index contributed by atoms with van der Waals surface area (Å²) in [6, 6.07) is 4.02. The fourth-order valence-corrected chi connectivity index (χ4v) is 5.06. The normalized spacial score (nSPS) is 29.6. The lowest BCUT2D eigenvalue weighted by Crippen LogP contribution is -2.51. The fraction of sp³-hybridized carbons (Fsp3) is 0.739. The highest BCUT2D eigenvalue weighted by molar-refractivity contribution is 5.52. The highest BCUT2D eigenvalue weighted by Gasteiger charge is 2.50. The van der Waals surface area contributed by atoms with Crippen LogP contribution in [-0.2, 0) is 6.42 Å². The summed E-state index contributed by atoms with van der Waals surface area (Å²) in [5.41, 5.74) is 1.67. The molecule has 2 aliphatic rings. The van der Waals surface area contributed by atoms with Crippen LogP contribution in [0.1, 0.15) is 89.7 Å². The summed E-state index contributed by atoms with van der Waals surface area (Å²) in [5, 5.41) is 21.7. The number of unbranched alkanes of at least 4 members (excludes halogenated alkanes) is 4. The first-order chi connectivity index (χ1) is 12.3. The number of hydrogen-bond acceptors (Lipinski definition) is 3. The lowest BCUT2D eigenvalue weighted by atomic mass is 9.62. The Morgan fingerprint density at radius 2 is 1.85 bits per heavy atom. The topological polar surface area (TPSA) is 49.7 Å². The fourth-order valence-electron chi connectivity index (χ4n) is 5.06. The number of rotatable bonds is 6. The molecule has 1 fully saturated rings. The van der Waals surface area contributed by atoms with Gasteiger partial charge in [0.05, 0.1) is 6.10 Å². The molecule has 2 N–H and O–H groups in total. The average molecular weight is 361 g/mol. The van der Waals surface area contributed by atoms with Gasteiger partial charge >= 0.3 is 0 Å². The molecule has 4 atom stereocenters. The third-order valence-electron chi connectivity index (χ3n) is 6.67. The molecular weight excluding hydrogens is 324 g/mol. The zero-order valence-corrected chi connectivity index (χ0v) is 16.9. The van der Waals surface area contributed by atoms with Gasteiger partial charge in [-0.15, -0.1) is 0 Å². The molecule has 0 aromatic heterocycles. The van der Waals surface area contributed by atoms with E-state index in [1.54, 1.807) is 0 Å². The highest BCUT2D eigenvalue weighted by atomic mass is 16.5. The van der Waals surface area contributed by atoms with E-state index in [4.69, 9.17) is 4.74 Å². The van der Waals surface area contributed by atoms with Crippen molar-refractivity contribution in [3.63, 3.8) is 0 Å². The molecule has 0 saturated heterocycles. The zero-order chi connectivity index (χ0) is 18.9. The van der Waals surface area contributed by atoms with Crippen LogP contribution < -0.4 is 4.74 Å². The van der Waals surface area contributed by atoms with Crippen molar-refractivity contribution in [3.8, 4) is 11.5 Å². The Balaban J connectivity index is 1.85. The first-order valence-corrected chi connectivity index (χ1v) is 10.6. The number of aromatic hydroxyl groups is 1. The summed E-state index contributed by atoms with van der Waals surface area (Å²) in [7, 11) is 0. The van der Waals surface area contributed by atoms with Crippen molar-refractivity contribution >= 4 is 0 Å². The summed E-state index contributed by atoms with van der Waals surface area (Å²) in [5.74, 6) is 1.57. The monoisotopic (exact) mass is 360 g/mol. The maximum absolute atomic E-state index is 10.9. The Hall–Kier alpha value is -1.22. The van der Waals surface area contributed by atoms with Gasteiger partial charge in [0.15, 0.2) is 0 Å². The Kier molecular flexibility index (Phi) is 5.86. The molecule has 3 heteroatoms. The average Bonchev–Trinajstić information content (AvgIpc) is 2.57. The predicted molar refractivity (Wildman–Crippen MR) is 106 cm³/mol. The lowest BCUT2D eigenvalue weighted by molar-refractivity contribution is -0.0662.